The Balaban J connectivity index is 1.32. The maximum absolute atomic E-state index is 13.8. The van der Waals surface area contributed by atoms with E-state index in [-0.39, 0.29) is 29.2 Å². The molecule has 214 valence electrons. The molecule has 1 aliphatic rings. The van der Waals surface area contributed by atoms with Crippen molar-refractivity contribution in [3.05, 3.63) is 87.0 Å². The van der Waals surface area contributed by atoms with Crippen molar-refractivity contribution in [2.75, 3.05) is 19.6 Å². The summed E-state index contributed by atoms with van der Waals surface area (Å²) in [6.07, 6.45) is 1.66. The number of piperazine rings is 1. The molecule has 0 aliphatic carbocycles. The first-order valence-corrected chi connectivity index (χ1v) is 15.6. The van der Waals surface area contributed by atoms with E-state index in [2.05, 4.69) is 55.6 Å². The van der Waals surface area contributed by atoms with E-state index in [0.717, 1.165) is 26.6 Å². The Kier molecular flexibility index (Phi) is 8.21. The van der Waals surface area contributed by atoms with Gasteiger partial charge in [0.15, 0.2) is 0 Å². The number of benzene rings is 2. The molecule has 0 spiro atoms. The second kappa shape index (κ2) is 11.5. The molecule has 9 heteroatoms. The summed E-state index contributed by atoms with van der Waals surface area (Å²) in [6.45, 7) is 14.1. The highest BCUT2D eigenvalue weighted by Gasteiger charge is 2.33. The van der Waals surface area contributed by atoms with Gasteiger partial charge in [0.1, 0.15) is 0 Å². The third-order valence-electron chi connectivity index (χ3n) is 7.57. The van der Waals surface area contributed by atoms with Crippen LogP contribution in [0.5, 0.6) is 0 Å². The number of carbonyl (C=O) groups is 2. The van der Waals surface area contributed by atoms with E-state index >= 15 is 0 Å². The molecule has 41 heavy (non-hydrogen) atoms. The first-order chi connectivity index (χ1) is 19.4. The first-order valence-electron chi connectivity index (χ1n) is 13.9. The largest absolute Gasteiger partial charge is 0.335 e. The fourth-order valence-electron chi connectivity index (χ4n) is 5.24. The lowest BCUT2D eigenvalue weighted by Gasteiger charge is -2.40. The Bertz CT molecular complexity index is 1550. The fraction of sp³-hybridized carbons (Fsp3) is 0.375. The number of hydrogen-bond acceptors (Lipinski definition) is 5. The fourth-order valence-corrected chi connectivity index (χ4v) is 6.30. The molecule has 0 bridgehead atoms. The van der Waals surface area contributed by atoms with Crippen LogP contribution in [0, 0.1) is 0 Å². The van der Waals surface area contributed by atoms with Crippen LogP contribution >= 0.6 is 27.3 Å². The highest BCUT2D eigenvalue weighted by Crippen LogP contribution is 2.30. The predicted octanol–water partition coefficient (Wildman–Crippen LogP) is 7.17. The highest BCUT2D eigenvalue weighted by atomic mass is 79.9. The van der Waals surface area contributed by atoms with Gasteiger partial charge >= 0.3 is 0 Å². The molecule has 1 fully saturated rings. The summed E-state index contributed by atoms with van der Waals surface area (Å²) in [4.78, 5) is 35.7. The van der Waals surface area contributed by atoms with Crippen LogP contribution in [-0.2, 0) is 5.41 Å². The molecule has 7 nitrogen and oxygen atoms in total. The third kappa shape index (κ3) is 6.02. The number of amides is 2. The van der Waals surface area contributed by atoms with Crippen molar-refractivity contribution in [2.45, 2.75) is 58.9 Å². The Labute approximate surface area is 254 Å². The lowest BCUT2D eigenvalue weighted by atomic mass is 9.86. The SMILES string of the molecule is CC(C)c1c(C(=O)N2CCN(C(=O)c3ccc(C(C)(C)C)cc3)C(C)C2)cnn1-c1nc(-c2ccc(Br)cc2)cs1. The second-order valence-electron chi connectivity index (χ2n) is 12.0. The zero-order valence-electron chi connectivity index (χ0n) is 24.4. The van der Waals surface area contributed by atoms with E-state index in [1.165, 1.54) is 16.9 Å². The number of nitrogens with zero attached hydrogens (tertiary/aromatic N) is 5. The minimum absolute atomic E-state index is 0.00564. The molecule has 3 heterocycles. The van der Waals surface area contributed by atoms with Crippen LogP contribution in [0.1, 0.15) is 79.4 Å². The van der Waals surface area contributed by atoms with Crippen molar-refractivity contribution in [3.63, 3.8) is 0 Å². The van der Waals surface area contributed by atoms with Gasteiger partial charge in [0, 0.05) is 46.7 Å². The van der Waals surface area contributed by atoms with Gasteiger partial charge in [0.25, 0.3) is 11.8 Å². The van der Waals surface area contributed by atoms with E-state index in [1.807, 2.05) is 70.6 Å². The highest BCUT2D eigenvalue weighted by molar-refractivity contribution is 9.10. The van der Waals surface area contributed by atoms with Crippen LogP contribution in [0.25, 0.3) is 16.4 Å². The number of aromatic nitrogens is 3. The van der Waals surface area contributed by atoms with Gasteiger partial charge in [-0.3, -0.25) is 9.59 Å². The van der Waals surface area contributed by atoms with Gasteiger partial charge in [0.05, 0.1) is 23.1 Å². The Morgan fingerprint density at radius 2 is 1.68 bits per heavy atom. The normalized spacial score (nSPS) is 16.0. The van der Waals surface area contributed by atoms with Crippen molar-refractivity contribution < 1.29 is 9.59 Å². The van der Waals surface area contributed by atoms with E-state index in [9.17, 15) is 9.59 Å². The van der Waals surface area contributed by atoms with Crippen molar-refractivity contribution in [3.8, 4) is 16.4 Å². The molecule has 2 aromatic carbocycles. The van der Waals surface area contributed by atoms with Crippen molar-refractivity contribution in [1.82, 2.24) is 24.6 Å². The lowest BCUT2D eigenvalue weighted by molar-refractivity contribution is 0.0413. The lowest BCUT2D eigenvalue weighted by Crippen LogP contribution is -2.55. The van der Waals surface area contributed by atoms with Gasteiger partial charge in [-0.25, -0.2) is 9.67 Å². The molecular formula is C32H36BrN5O2S. The van der Waals surface area contributed by atoms with Crippen molar-refractivity contribution in [2.24, 2.45) is 0 Å². The zero-order chi connectivity index (χ0) is 29.5. The van der Waals surface area contributed by atoms with Gasteiger partial charge in [-0.2, -0.15) is 5.10 Å². The van der Waals surface area contributed by atoms with Crippen molar-refractivity contribution >= 4 is 39.1 Å². The molecule has 2 aromatic heterocycles. The van der Waals surface area contributed by atoms with Gasteiger partial charge in [-0.15, -0.1) is 11.3 Å². The van der Waals surface area contributed by atoms with Crippen LogP contribution in [0.15, 0.2) is 64.6 Å². The van der Waals surface area contributed by atoms with E-state index in [1.54, 1.807) is 10.9 Å². The van der Waals surface area contributed by atoms with Gasteiger partial charge < -0.3 is 9.80 Å². The summed E-state index contributed by atoms with van der Waals surface area (Å²) in [5.74, 6) is 0.0112. The summed E-state index contributed by atoms with van der Waals surface area (Å²) in [6, 6.07) is 15.8. The summed E-state index contributed by atoms with van der Waals surface area (Å²) in [7, 11) is 0. The molecule has 1 saturated heterocycles. The summed E-state index contributed by atoms with van der Waals surface area (Å²) in [5.41, 5.74) is 5.24. The van der Waals surface area contributed by atoms with Crippen LogP contribution in [0.4, 0.5) is 0 Å². The molecule has 2 amide bonds. The van der Waals surface area contributed by atoms with Gasteiger partial charge in [-0.05, 0) is 48.1 Å². The number of thiazole rings is 1. The third-order valence-corrected chi connectivity index (χ3v) is 8.92. The molecular weight excluding hydrogens is 598 g/mol. The van der Waals surface area contributed by atoms with E-state index in [0.29, 0.717) is 30.8 Å². The number of rotatable bonds is 5. The molecule has 0 radical (unpaired) electrons. The maximum atomic E-state index is 13.8. The number of carbonyl (C=O) groups excluding carboxylic acids is 2. The van der Waals surface area contributed by atoms with Gasteiger partial charge in [0.2, 0.25) is 5.13 Å². The monoisotopic (exact) mass is 633 g/mol. The van der Waals surface area contributed by atoms with Crippen LogP contribution in [-0.4, -0.2) is 62.1 Å². The number of halogens is 1. The average molecular weight is 635 g/mol. The molecule has 5 rings (SSSR count). The Hall–Kier alpha value is -3.30. The standard InChI is InChI=1S/C32H36BrN5O2S/c1-20(2)28-26(17-34-38(28)31-35-27(19-41-31)22-9-13-25(33)14-10-22)30(40)36-15-16-37(21(3)18-36)29(39)23-7-11-24(12-8-23)32(4,5)6/h7-14,17,19-21H,15-16,18H2,1-6H3. The maximum Gasteiger partial charge on any atom is 0.257 e. The van der Waals surface area contributed by atoms with Crippen LogP contribution < -0.4 is 0 Å². The van der Waals surface area contributed by atoms with Crippen molar-refractivity contribution in [1.29, 1.82) is 0 Å². The summed E-state index contributed by atoms with van der Waals surface area (Å²) in [5, 5.41) is 7.36. The van der Waals surface area contributed by atoms with Crippen LogP contribution in [0.3, 0.4) is 0 Å². The Morgan fingerprint density at radius 1 is 1.00 bits per heavy atom. The molecule has 0 saturated carbocycles. The molecule has 1 atom stereocenters. The van der Waals surface area contributed by atoms with Gasteiger partial charge in [-0.1, -0.05) is 74.8 Å². The second-order valence-corrected chi connectivity index (χ2v) is 13.7. The minimum atomic E-state index is -0.104. The quantitative estimate of drug-likeness (QED) is 0.234. The Morgan fingerprint density at radius 3 is 2.29 bits per heavy atom. The predicted molar refractivity (Wildman–Crippen MR) is 168 cm³/mol. The van der Waals surface area contributed by atoms with E-state index in [4.69, 9.17) is 4.98 Å². The summed E-state index contributed by atoms with van der Waals surface area (Å²) < 4.78 is 2.82. The zero-order valence-corrected chi connectivity index (χ0v) is 26.8. The molecule has 0 N–H and O–H groups in total. The topological polar surface area (TPSA) is 71.3 Å². The van der Waals surface area contributed by atoms with E-state index < -0.39 is 0 Å². The molecule has 1 unspecified atom stereocenters. The first kappa shape index (κ1) is 29.2. The molecule has 4 aromatic rings. The van der Waals surface area contributed by atoms with Crippen LogP contribution in [0.2, 0.25) is 0 Å². The minimum Gasteiger partial charge on any atom is -0.335 e. The summed E-state index contributed by atoms with van der Waals surface area (Å²) >= 11 is 4.99. The number of hydrogen-bond donors (Lipinski definition) is 0. The smallest absolute Gasteiger partial charge is 0.257 e. The molecule has 1 aliphatic heterocycles. The average Bonchev–Trinajstić information content (AvgIpc) is 3.60.